The topological polar surface area (TPSA) is 92.9 Å². The minimum Gasteiger partial charge on any atom is -0.481 e. The van der Waals surface area contributed by atoms with Gasteiger partial charge in [-0.15, -0.1) is 0 Å². The molecule has 0 aromatic rings. The second-order valence-electron chi connectivity index (χ2n) is 5.64. The Morgan fingerprint density at radius 1 is 1.50 bits per heavy atom. The number of carboxylic acid groups (broad SMARTS) is 1. The van der Waals surface area contributed by atoms with Crippen LogP contribution in [0.25, 0.3) is 0 Å². The van der Waals surface area contributed by atoms with E-state index in [0.29, 0.717) is 26.3 Å². The van der Waals surface area contributed by atoms with Crippen molar-refractivity contribution in [1.82, 2.24) is 4.90 Å². The number of amides is 1. The van der Waals surface area contributed by atoms with E-state index >= 15 is 0 Å². The van der Waals surface area contributed by atoms with Crippen molar-refractivity contribution in [1.29, 1.82) is 0 Å². The Balaban J connectivity index is 1.92. The predicted molar refractivity (Wildman–Crippen MR) is 63.8 cm³/mol. The molecule has 18 heavy (non-hydrogen) atoms. The third-order valence-electron chi connectivity index (χ3n) is 4.30. The number of hydrogen-bond donors (Lipinski definition) is 2. The van der Waals surface area contributed by atoms with E-state index < -0.39 is 17.3 Å². The van der Waals surface area contributed by atoms with Gasteiger partial charge in [-0.2, -0.15) is 0 Å². The summed E-state index contributed by atoms with van der Waals surface area (Å²) >= 11 is 0. The fraction of sp³-hybridized carbons (Fsp3) is 0.833. The fourth-order valence-electron chi connectivity index (χ4n) is 2.47. The van der Waals surface area contributed by atoms with Crippen LogP contribution in [-0.4, -0.2) is 54.2 Å². The van der Waals surface area contributed by atoms with E-state index in [-0.39, 0.29) is 17.9 Å². The van der Waals surface area contributed by atoms with E-state index in [0.717, 1.165) is 0 Å². The fourth-order valence-corrected chi connectivity index (χ4v) is 2.47. The van der Waals surface area contributed by atoms with Gasteiger partial charge in [0.2, 0.25) is 5.91 Å². The molecule has 3 N–H and O–H groups in total. The van der Waals surface area contributed by atoms with E-state index in [1.54, 1.807) is 11.8 Å². The molecule has 0 saturated carbocycles. The third kappa shape index (κ3) is 1.99. The summed E-state index contributed by atoms with van der Waals surface area (Å²) in [5.41, 5.74) is 5.25. The number of hydrogen-bond acceptors (Lipinski definition) is 4. The van der Waals surface area contributed by atoms with Crippen LogP contribution in [0.2, 0.25) is 0 Å². The summed E-state index contributed by atoms with van der Waals surface area (Å²) in [5, 5.41) is 8.90. The number of carboxylic acids is 1. The molecule has 2 aliphatic rings. The summed E-state index contributed by atoms with van der Waals surface area (Å²) < 4.78 is 5.26. The van der Waals surface area contributed by atoms with Crippen LogP contribution in [0, 0.1) is 17.3 Å². The Kier molecular flexibility index (Phi) is 3.33. The van der Waals surface area contributed by atoms with Crippen molar-refractivity contribution >= 4 is 11.9 Å². The summed E-state index contributed by atoms with van der Waals surface area (Å²) in [7, 11) is 0. The number of nitrogens with zero attached hydrogens (tertiary/aromatic N) is 1. The van der Waals surface area contributed by atoms with E-state index in [1.807, 2.05) is 6.92 Å². The second kappa shape index (κ2) is 4.51. The van der Waals surface area contributed by atoms with Crippen LogP contribution in [0.3, 0.4) is 0 Å². The number of likely N-dealkylation sites (tertiary alicyclic amines) is 1. The maximum Gasteiger partial charge on any atom is 0.306 e. The Labute approximate surface area is 106 Å². The molecule has 0 aliphatic carbocycles. The molecule has 102 valence electrons. The molecule has 2 rings (SSSR count). The highest BCUT2D eigenvalue weighted by atomic mass is 16.5. The number of carbonyl (C=O) groups is 2. The van der Waals surface area contributed by atoms with Gasteiger partial charge in [0.25, 0.3) is 0 Å². The molecule has 6 heteroatoms. The molecule has 0 aromatic heterocycles. The number of aliphatic carboxylic acids is 1. The molecule has 2 fully saturated rings. The minimum atomic E-state index is -0.806. The van der Waals surface area contributed by atoms with E-state index in [9.17, 15) is 9.59 Å². The first-order valence-electron chi connectivity index (χ1n) is 6.21. The maximum atomic E-state index is 12.3. The number of rotatable bonds is 3. The van der Waals surface area contributed by atoms with Gasteiger partial charge in [-0.05, 0) is 6.92 Å². The van der Waals surface area contributed by atoms with Gasteiger partial charge in [0, 0.05) is 25.0 Å². The van der Waals surface area contributed by atoms with Crippen molar-refractivity contribution in [2.75, 3.05) is 26.3 Å². The second-order valence-corrected chi connectivity index (χ2v) is 5.64. The monoisotopic (exact) mass is 256 g/mol. The number of nitrogens with two attached hydrogens (primary N) is 1. The van der Waals surface area contributed by atoms with E-state index in [4.69, 9.17) is 15.6 Å². The van der Waals surface area contributed by atoms with Crippen LogP contribution in [0.5, 0.6) is 0 Å². The van der Waals surface area contributed by atoms with Crippen molar-refractivity contribution in [3.05, 3.63) is 0 Å². The molecule has 0 radical (unpaired) electrons. The lowest BCUT2D eigenvalue weighted by Gasteiger charge is -2.45. The average Bonchev–Trinajstić information content (AvgIpc) is 2.58. The van der Waals surface area contributed by atoms with Crippen molar-refractivity contribution < 1.29 is 19.4 Å². The molecule has 0 aromatic carbocycles. The summed E-state index contributed by atoms with van der Waals surface area (Å²) in [6.45, 7) is 5.28. The SMILES string of the molecule is CC(C(=O)O)C1CN(C(=O)C2(C)COCC2N)C1. The third-order valence-corrected chi connectivity index (χ3v) is 4.30. The van der Waals surface area contributed by atoms with Crippen molar-refractivity contribution in [3.63, 3.8) is 0 Å². The zero-order valence-corrected chi connectivity index (χ0v) is 10.8. The Hall–Kier alpha value is -1.14. The zero-order valence-electron chi connectivity index (χ0n) is 10.8. The highest BCUT2D eigenvalue weighted by Crippen LogP contribution is 2.34. The lowest BCUT2D eigenvalue weighted by Crippen LogP contribution is -2.60. The standard InChI is InChI=1S/C12H20N2O4/c1-7(10(15)16)8-3-14(4-8)11(17)12(2)6-18-5-9(12)13/h7-9H,3-6,13H2,1-2H3,(H,15,16). The molecule has 0 bridgehead atoms. The Morgan fingerprint density at radius 3 is 2.56 bits per heavy atom. The van der Waals surface area contributed by atoms with Crippen LogP contribution in [0.1, 0.15) is 13.8 Å². The van der Waals surface area contributed by atoms with Gasteiger partial charge in [-0.1, -0.05) is 6.92 Å². The summed E-state index contributed by atoms with van der Waals surface area (Å²) in [6.07, 6.45) is 0. The predicted octanol–water partition coefficient (Wildman–Crippen LogP) is -0.471. The molecular weight excluding hydrogens is 236 g/mol. The van der Waals surface area contributed by atoms with Gasteiger partial charge in [-0.25, -0.2) is 0 Å². The first-order valence-corrected chi connectivity index (χ1v) is 6.21. The van der Waals surface area contributed by atoms with Crippen molar-refractivity contribution in [3.8, 4) is 0 Å². The van der Waals surface area contributed by atoms with Gasteiger partial charge in [0.05, 0.1) is 24.5 Å². The van der Waals surface area contributed by atoms with Crippen LogP contribution < -0.4 is 5.73 Å². The van der Waals surface area contributed by atoms with Crippen LogP contribution in [-0.2, 0) is 14.3 Å². The van der Waals surface area contributed by atoms with Gasteiger partial charge in [-0.3, -0.25) is 9.59 Å². The molecule has 2 aliphatic heterocycles. The Bertz CT molecular complexity index is 367. The smallest absolute Gasteiger partial charge is 0.306 e. The van der Waals surface area contributed by atoms with Crippen molar-refractivity contribution in [2.45, 2.75) is 19.9 Å². The Morgan fingerprint density at radius 2 is 2.11 bits per heavy atom. The first-order chi connectivity index (χ1) is 8.36. The minimum absolute atomic E-state index is 0.0126. The average molecular weight is 256 g/mol. The number of carbonyl (C=O) groups excluding carboxylic acids is 1. The molecule has 2 saturated heterocycles. The van der Waals surface area contributed by atoms with E-state index in [1.165, 1.54) is 0 Å². The quantitative estimate of drug-likeness (QED) is 0.712. The van der Waals surface area contributed by atoms with Gasteiger partial charge >= 0.3 is 5.97 Å². The first kappa shape index (κ1) is 13.3. The van der Waals surface area contributed by atoms with Gasteiger partial charge in [0.15, 0.2) is 0 Å². The molecule has 3 atom stereocenters. The summed E-state index contributed by atoms with van der Waals surface area (Å²) in [4.78, 5) is 24.8. The largest absolute Gasteiger partial charge is 0.481 e. The molecule has 6 nitrogen and oxygen atoms in total. The summed E-state index contributed by atoms with van der Waals surface area (Å²) in [6, 6.07) is -0.277. The normalized spacial score (nSPS) is 34.2. The van der Waals surface area contributed by atoms with Gasteiger partial charge in [0.1, 0.15) is 0 Å². The lowest BCUT2D eigenvalue weighted by molar-refractivity contribution is -0.156. The lowest BCUT2D eigenvalue weighted by atomic mass is 9.80. The maximum absolute atomic E-state index is 12.3. The highest BCUT2D eigenvalue weighted by molar-refractivity contribution is 5.84. The summed E-state index contributed by atoms with van der Waals surface area (Å²) in [5.74, 6) is -1.18. The highest BCUT2D eigenvalue weighted by Gasteiger charge is 2.49. The van der Waals surface area contributed by atoms with Crippen LogP contribution in [0.4, 0.5) is 0 Å². The molecule has 0 spiro atoms. The van der Waals surface area contributed by atoms with Crippen LogP contribution in [0.15, 0.2) is 0 Å². The van der Waals surface area contributed by atoms with Crippen molar-refractivity contribution in [2.24, 2.45) is 23.0 Å². The van der Waals surface area contributed by atoms with Crippen LogP contribution >= 0.6 is 0 Å². The molecule has 3 unspecified atom stereocenters. The molecule has 2 heterocycles. The molecule has 1 amide bonds. The van der Waals surface area contributed by atoms with Gasteiger partial charge < -0.3 is 20.5 Å². The number of ether oxygens (including phenoxy) is 1. The molecular formula is C12H20N2O4. The van der Waals surface area contributed by atoms with E-state index in [2.05, 4.69) is 0 Å². The zero-order chi connectivity index (χ0) is 13.5.